The quantitative estimate of drug-likeness (QED) is 0.551. The fourth-order valence-electron chi connectivity index (χ4n) is 4.54. The molecule has 9 nitrogen and oxygen atoms in total. The van der Waals surface area contributed by atoms with E-state index in [0.717, 1.165) is 12.2 Å². The molecule has 1 aliphatic heterocycles. The summed E-state index contributed by atoms with van der Waals surface area (Å²) < 4.78 is 12.1. The largest absolute Gasteiger partial charge is 0.491 e. The first-order valence-corrected chi connectivity index (χ1v) is 12.8. The molecule has 3 aromatic rings. The molecule has 2 amide bonds. The Morgan fingerprint density at radius 1 is 1.08 bits per heavy atom. The fourth-order valence-corrected chi connectivity index (χ4v) is 4.54. The van der Waals surface area contributed by atoms with Crippen LogP contribution < -0.4 is 10.1 Å². The van der Waals surface area contributed by atoms with Crippen LogP contribution in [0.25, 0.3) is 0 Å². The second-order valence-electron chi connectivity index (χ2n) is 9.73. The van der Waals surface area contributed by atoms with E-state index < -0.39 is 0 Å². The Kier molecular flexibility index (Phi) is 9.04. The molecular formula is C29H35N5O4. The number of carbonyl (C=O) groups excluding carboxylic acids is 2. The molecule has 4 rings (SSSR count). The summed E-state index contributed by atoms with van der Waals surface area (Å²) in [5.74, 6) is 0.0572. The summed E-state index contributed by atoms with van der Waals surface area (Å²) in [5, 5.41) is 2.85. The number of nitrogens with one attached hydrogen (secondary N) is 1. The lowest BCUT2D eigenvalue weighted by molar-refractivity contribution is 0.00901. The minimum Gasteiger partial charge on any atom is -0.491 e. The molecule has 0 bridgehead atoms. The van der Waals surface area contributed by atoms with Crippen LogP contribution in [0, 0.1) is 5.92 Å². The smallest absolute Gasteiger partial charge is 0.274 e. The normalized spacial score (nSPS) is 21.0. The van der Waals surface area contributed by atoms with Gasteiger partial charge in [-0.3, -0.25) is 24.5 Å². The maximum atomic E-state index is 13.4. The van der Waals surface area contributed by atoms with Crippen LogP contribution in [0.1, 0.15) is 40.4 Å². The molecule has 3 atom stereocenters. The van der Waals surface area contributed by atoms with E-state index in [1.807, 2.05) is 18.2 Å². The number of anilines is 1. The standard InChI is InChI=1S/C29H35N5O4/c1-20-16-34(17-23-9-5-7-13-30-23)21(2)19-38-26-15-22(32-28(35)25-10-6-8-14-31-25)11-12-24(26)29(36)33(3)18-27(20)37-4/h5-15,20-21,27H,16-19H2,1-4H3,(H,32,35)/t20-,21-,27-/m1/s1. The molecule has 9 heteroatoms. The number of hydrogen-bond acceptors (Lipinski definition) is 7. The van der Waals surface area contributed by atoms with Gasteiger partial charge in [-0.1, -0.05) is 19.1 Å². The number of fused-ring (bicyclic) bond motifs is 1. The van der Waals surface area contributed by atoms with Crippen LogP contribution in [0.4, 0.5) is 5.69 Å². The predicted molar refractivity (Wildman–Crippen MR) is 145 cm³/mol. The average Bonchev–Trinajstić information content (AvgIpc) is 2.94. The van der Waals surface area contributed by atoms with Crippen LogP contribution >= 0.6 is 0 Å². The van der Waals surface area contributed by atoms with Crippen LogP contribution in [-0.2, 0) is 11.3 Å². The Balaban J connectivity index is 1.63. The maximum absolute atomic E-state index is 13.4. The first-order chi connectivity index (χ1) is 18.4. The van der Waals surface area contributed by atoms with Gasteiger partial charge < -0.3 is 19.7 Å². The molecule has 38 heavy (non-hydrogen) atoms. The zero-order chi connectivity index (χ0) is 27.1. The van der Waals surface area contributed by atoms with Crippen molar-refractivity contribution in [1.82, 2.24) is 19.8 Å². The van der Waals surface area contributed by atoms with Crippen molar-refractivity contribution in [3.8, 4) is 5.75 Å². The molecule has 200 valence electrons. The summed E-state index contributed by atoms with van der Waals surface area (Å²) >= 11 is 0. The van der Waals surface area contributed by atoms with Crippen molar-refractivity contribution in [1.29, 1.82) is 0 Å². The Bertz CT molecular complexity index is 1220. The van der Waals surface area contributed by atoms with Gasteiger partial charge in [0.05, 0.1) is 17.4 Å². The molecular weight excluding hydrogens is 482 g/mol. The predicted octanol–water partition coefficient (Wildman–Crippen LogP) is 3.74. The van der Waals surface area contributed by atoms with Crippen LogP contribution in [0.5, 0.6) is 5.75 Å². The molecule has 0 unspecified atom stereocenters. The van der Waals surface area contributed by atoms with E-state index in [0.29, 0.717) is 42.4 Å². The Morgan fingerprint density at radius 3 is 2.53 bits per heavy atom. The molecule has 0 saturated heterocycles. The van der Waals surface area contributed by atoms with E-state index in [-0.39, 0.29) is 29.9 Å². The first kappa shape index (κ1) is 27.2. The number of methoxy groups -OCH3 is 1. The van der Waals surface area contributed by atoms with E-state index in [2.05, 4.69) is 34.0 Å². The van der Waals surface area contributed by atoms with Gasteiger partial charge in [-0.15, -0.1) is 0 Å². The van der Waals surface area contributed by atoms with Crippen LogP contribution in [0.3, 0.4) is 0 Å². The SMILES string of the molecule is CO[C@@H]1CN(C)C(=O)c2ccc(NC(=O)c3ccccn3)cc2OC[C@@H](C)N(Cc2ccccn2)C[C@H]1C. The third kappa shape index (κ3) is 6.73. The van der Waals surface area contributed by atoms with E-state index in [1.165, 1.54) is 0 Å². The zero-order valence-corrected chi connectivity index (χ0v) is 22.3. The molecule has 0 saturated carbocycles. The number of aromatic nitrogens is 2. The molecule has 0 radical (unpaired) electrons. The minimum atomic E-state index is -0.339. The summed E-state index contributed by atoms with van der Waals surface area (Å²) in [4.78, 5) is 38.7. The number of rotatable bonds is 5. The van der Waals surface area contributed by atoms with Crippen molar-refractivity contribution in [2.45, 2.75) is 32.5 Å². The van der Waals surface area contributed by atoms with E-state index in [9.17, 15) is 9.59 Å². The monoisotopic (exact) mass is 517 g/mol. The molecule has 1 N–H and O–H groups in total. The summed E-state index contributed by atoms with van der Waals surface area (Å²) in [6, 6.07) is 16.2. The summed E-state index contributed by atoms with van der Waals surface area (Å²) in [6.07, 6.45) is 3.21. The van der Waals surface area contributed by atoms with Gasteiger partial charge in [-0.2, -0.15) is 0 Å². The second kappa shape index (κ2) is 12.6. The van der Waals surface area contributed by atoms with Crippen LogP contribution in [0.2, 0.25) is 0 Å². The second-order valence-corrected chi connectivity index (χ2v) is 9.73. The van der Waals surface area contributed by atoms with Gasteiger partial charge in [-0.05, 0) is 49.2 Å². The van der Waals surface area contributed by atoms with Gasteiger partial charge in [0.25, 0.3) is 11.8 Å². The van der Waals surface area contributed by atoms with Gasteiger partial charge in [0.1, 0.15) is 18.1 Å². The molecule has 1 aromatic carbocycles. The number of benzene rings is 1. The lowest BCUT2D eigenvalue weighted by Crippen LogP contribution is -2.46. The summed E-state index contributed by atoms with van der Waals surface area (Å²) in [5.41, 5.74) is 2.22. The lowest BCUT2D eigenvalue weighted by Gasteiger charge is -2.35. The highest BCUT2D eigenvalue weighted by atomic mass is 16.5. The van der Waals surface area contributed by atoms with Gasteiger partial charge in [-0.25, -0.2) is 0 Å². The van der Waals surface area contributed by atoms with Crippen molar-refractivity contribution in [3.05, 3.63) is 83.9 Å². The lowest BCUT2D eigenvalue weighted by atomic mass is 10.0. The number of hydrogen-bond donors (Lipinski definition) is 1. The summed E-state index contributed by atoms with van der Waals surface area (Å²) in [7, 11) is 3.45. The number of amides is 2. The van der Waals surface area contributed by atoms with Crippen molar-refractivity contribution in [2.75, 3.05) is 39.2 Å². The van der Waals surface area contributed by atoms with E-state index in [4.69, 9.17) is 9.47 Å². The van der Waals surface area contributed by atoms with E-state index in [1.54, 1.807) is 67.8 Å². The van der Waals surface area contributed by atoms with Crippen LogP contribution in [-0.4, -0.2) is 77.6 Å². The van der Waals surface area contributed by atoms with Gasteiger partial charge >= 0.3 is 0 Å². The van der Waals surface area contributed by atoms with Gasteiger partial charge in [0.2, 0.25) is 0 Å². The fraction of sp³-hybridized carbons (Fsp3) is 0.379. The van der Waals surface area contributed by atoms with Crippen molar-refractivity contribution in [3.63, 3.8) is 0 Å². The van der Waals surface area contributed by atoms with E-state index >= 15 is 0 Å². The van der Waals surface area contributed by atoms with Gasteiger partial charge in [0.15, 0.2) is 0 Å². The van der Waals surface area contributed by atoms with Gasteiger partial charge in [0, 0.05) is 64.0 Å². The molecule has 2 aromatic heterocycles. The molecule has 1 aliphatic rings. The topological polar surface area (TPSA) is 96.9 Å². The highest BCUT2D eigenvalue weighted by Gasteiger charge is 2.28. The molecule has 3 heterocycles. The van der Waals surface area contributed by atoms with Crippen molar-refractivity contribution in [2.24, 2.45) is 5.92 Å². The zero-order valence-electron chi connectivity index (χ0n) is 22.3. The number of carbonyl (C=O) groups is 2. The third-order valence-electron chi connectivity index (χ3n) is 6.82. The average molecular weight is 518 g/mol. The highest BCUT2D eigenvalue weighted by Crippen LogP contribution is 2.27. The number of ether oxygens (including phenoxy) is 2. The first-order valence-electron chi connectivity index (χ1n) is 12.8. The summed E-state index contributed by atoms with van der Waals surface area (Å²) in [6.45, 7) is 6.42. The Morgan fingerprint density at radius 2 is 1.84 bits per heavy atom. The molecule has 0 fully saturated rings. The van der Waals surface area contributed by atoms with Crippen molar-refractivity contribution >= 4 is 17.5 Å². The van der Waals surface area contributed by atoms with Crippen molar-refractivity contribution < 1.29 is 19.1 Å². The molecule has 0 aliphatic carbocycles. The molecule has 0 spiro atoms. The third-order valence-corrected chi connectivity index (χ3v) is 6.82. The number of pyridine rings is 2. The maximum Gasteiger partial charge on any atom is 0.274 e. The number of nitrogens with zero attached hydrogens (tertiary/aromatic N) is 4. The Hall–Kier alpha value is -3.82. The van der Waals surface area contributed by atoms with Crippen LogP contribution in [0.15, 0.2) is 67.0 Å². The highest BCUT2D eigenvalue weighted by molar-refractivity contribution is 6.03. The number of likely N-dealkylation sites (N-methyl/N-ethyl adjacent to an activating group) is 1. The minimum absolute atomic E-state index is 0.0174. The Labute approximate surface area is 223 Å².